The SMILES string of the molecule is CC(N)C1CCCCN1C(=O)c1ccc2c(c1)C(=O)N(CC1CCCO1)C2=O. The second kappa shape index (κ2) is 7.64. The molecule has 2 fully saturated rings. The average Bonchev–Trinajstić information content (AvgIpc) is 3.30. The molecule has 3 amide bonds. The zero-order valence-electron chi connectivity index (χ0n) is 16.2. The highest BCUT2D eigenvalue weighted by Gasteiger charge is 2.38. The van der Waals surface area contributed by atoms with Crippen molar-refractivity contribution in [3.05, 3.63) is 34.9 Å². The van der Waals surface area contributed by atoms with E-state index in [4.69, 9.17) is 10.5 Å². The van der Waals surface area contributed by atoms with Crippen LogP contribution in [0, 0.1) is 0 Å². The molecule has 1 aromatic carbocycles. The number of rotatable bonds is 4. The third kappa shape index (κ3) is 3.33. The standard InChI is InChI=1S/C21H27N3O4/c1-13(22)18-6-2-3-9-23(18)19(25)14-7-8-16-17(11-14)21(27)24(20(16)26)12-15-5-4-10-28-15/h7-8,11,13,15,18H,2-6,9-10,12,22H2,1H3. The van der Waals surface area contributed by atoms with Crippen LogP contribution in [0.1, 0.15) is 70.1 Å². The molecule has 0 radical (unpaired) electrons. The molecule has 0 aliphatic carbocycles. The molecule has 0 bridgehead atoms. The zero-order valence-corrected chi connectivity index (χ0v) is 16.2. The Morgan fingerprint density at radius 2 is 1.96 bits per heavy atom. The van der Waals surface area contributed by atoms with Crippen LogP contribution in [0.25, 0.3) is 0 Å². The van der Waals surface area contributed by atoms with Crippen molar-refractivity contribution >= 4 is 17.7 Å². The molecule has 3 heterocycles. The lowest BCUT2D eigenvalue weighted by atomic mass is 9.95. The topological polar surface area (TPSA) is 92.9 Å². The molecule has 1 aromatic rings. The molecule has 0 aromatic heterocycles. The lowest BCUT2D eigenvalue weighted by Crippen LogP contribution is -2.51. The van der Waals surface area contributed by atoms with E-state index in [0.29, 0.717) is 29.8 Å². The fraction of sp³-hybridized carbons (Fsp3) is 0.571. The van der Waals surface area contributed by atoms with E-state index in [2.05, 4.69) is 0 Å². The third-order valence-corrected chi connectivity index (χ3v) is 6.04. The van der Waals surface area contributed by atoms with Gasteiger partial charge in [-0.25, -0.2) is 0 Å². The van der Waals surface area contributed by atoms with Gasteiger partial charge in [0.15, 0.2) is 0 Å². The molecule has 28 heavy (non-hydrogen) atoms. The fourth-order valence-corrected chi connectivity index (χ4v) is 4.50. The molecule has 2 saturated heterocycles. The number of ether oxygens (including phenoxy) is 1. The number of amides is 3. The highest BCUT2D eigenvalue weighted by atomic mass is 16.5. The lowest BCUT2D eigenvalue weighted by molar-refractivity contribution is 0.0475. The Hall–Kier alpha value is -2.25. The quantitative estimate of drug-likeness (QED) is 0.798. The van der Waals surface area contributed by atoms with Crippen molar-refractivity contribution in [1.29, 1.82) is 0 Å². The molecule has 3 atom stereocenters. The number of fused-ring (bicyclic) bond motifs is 1. The molecular weight excluding hydrogens is 358 g/mol. The molecule has 2 N–H and O–H groups in total. The summed E-state index contributed by atoms with van der Waals surface area (Å²) in [6.45, 7) is 3.53. The molecule has 4 rings (SSSR count). The fourth-order valence-electron chi connectivity index (χ4n) is 4.50. The Balaban J connectivity index is 1.56. The predicted octanol–water partition coefficient (Wildman–Crippen LogP) is 1.80. The molecular formula is C21H27N3O4. The Bertz CT molecular complexity index is 801. The first kappa shape index (κ1) is 19.1. The van der Waals surface area contributed by atoms with Crippen molar-refractivity contribution in [2.24, 2.45) is 5.73 Å². The van der Waals surface area contributed by atoms with E-state index in [1.165, 1.54) is 4.90 Å². The maximum Gasteiger partial charge on any atom is 0.261 e. The van der Waals surface area contributed by atoms with Crippen molar-refractivity contribution in [1.82, 2.24) is 9.80 Å². The van der Waals surface area contributed by atoms with Gasteiger partial charge in [0.2, 0.25) is 0 Å². The van der Waals surface area contributed by atoms with Crippen LogP contribution in [0.2, 0.25) is 0 Å². The number of nitrogens with zero attached hydrogens (tertiary/aromatic N) is 2. The van der Waals surface area contributed by atoms with E-state index in [1.54, 1.807) is 18.2 Å². The molecule has 3 unspecified atom stereocenters. The van der Waals surface area contributed by atoms with E-state index >= 15 is 0 Å². The Morgan fingerprint density at radius 3 is 2.68 bits per heavy atom. The van der Waals surface area contributed by atoms with Crippen LogP contribution in [0.4, 0.5) is 0 Å². The van der Waals surface area contributed by atoms with Crippen LogP contribution >= 0.6 is 0 Å². The number of carbonyl (C=O) groups excluding carboxylic acids is 3. The Kier molecular flexibility index (Phi) is 5.21. The van der Waals surface area contributed by atoms with Gasteiger partial charge in [-0.3, -0.25) is 19.3 Å². The molecule has 3 aliphatic rings. The van der Waals surface area contributed by atoms with E-state index < -0.39 is 0 Å². The van der Waals surface area contributed by atoms with Crippen molar-refractivity contribution in [3.63, 3.8) is 0 Å². The van der Waals surface area contributed by atoms with Crippen molar-refractivity contribution in [2.45, 2.75) is 57.2 Å². The van der Waals surface area contributed by atoms with Gasteiger partial charge >= 0.3 is 0 Å². The largest absolute Gasteiger partial charge is 0.376 e. The van der Waals surface area contributed by atoms with Crippen LogP contribution in [0.3, 0.4) is 0 Å². The summed E-state index contributed by atoms with van der Waals surface area (Å²) >= 11 is 0. The van der Waals surface area contributed by atoms with Gasteiger partial charge in [0, 0.05) is 30.8 Å². The smallest absolute Gasteiger partial charge is 0.261 e. The van der Waals surface area contributed by atoms with Crippen molar-refractivity contribution in [3.8, 4) is 0 Å². The molecule has 0 saturated carbocycles. The third-order valence-electron chi connectivity index (χ3n) is 6.04. The monoisotopic (exact) mass is 385 g/mol. The maximum atomic E-state index is 13.1. The first-order chi connectivity index (χ1) is 13.5. The summed E-state index contributed by atoms with van der Waals surface area (Å²) in [5.41, 5.74) is 7.20. The summed E-state index contributed by atoms with van der Waals surface area (Å²) in [5, 5.41) is 0. The minimum atomic E-state index is -0.340. The summed E-state index contributed by atoms with van der Waals surface area (Å²) in [6.07, 6.45) is 4.61. The van der Waals surface area contributed by atoms with Crippen molar-refractivity contribution < 1.29 is 19.1 Å². The minimum Gasteiger partial charge on any atom is -0.376 e. The van der Waals surface area contributed by atoms with Crippen LogP contribution in [-0.2, 0) is 4.74 Å². The highest BCUT2D eigenvalue weighted by Crippen LogP contribution is 2.28. The normalized spacial score (nSPS) is 25.9. The first-order valence-electron chi connectivity index (χ1n) is 10.2. The summed E-state index contributed by atoms with van der Waals surface area (Å²) < 4.78 is 5.57. The number of piperidine rings is 1. The van der Waals surface area contributed by atoms with Gasteiger partial charge < -0.3 is 15.4 Å². The minimum absolute atomic E-state index is 0.00264. The second-order valence-corrected chi connectivity index (χ2v) is 8.04. The van der Waals surface area contributed by atoms with Crippen LogP contribution in [0.15, 0.2) is 18.2 Å². The summed E-state index contributed by atoms with van der Waals surface area (Å²) in [6, 6.07) is 4.71. The molecule has 7 heteroatoms. The molecule has 150 valence electrons. The molecule has 3 aliphatic heterocycles. The number of likely N-dealkylation sites (tertiary alicyclic amines) is 1. The summed E-state index contributed by atoms with van der Waals surface area (Å²) in [4.78, 5) is 41.7. The van der Waals surface area contributed by atoms with E-state index in [-0.39, 0.29) is 42.5 Å². The second-order valence-electron chi connectivity index (χ2n) is 8.04. The van der Waals surface area contributed by atoms with Crippen LogP contribution in [0.5, 0.6) is 0 Å². The number of benzene rings is 1. The summed E-state index contributed by atoms with van der Waals surface area (Å²) in [5.74, 6) is -0.768. The van der Waals surface area contributed by atoms with Crippen molar-refractivity contribution in [2.75, 3.05) is 19.7 Å². The van der Waals surface area contributed by atoms with Crippen LogP contribution < -0.4 is 5.73 Å². The van der Waals surface area contributed by atoms with Crippen LogP contribution in [-0.4, -0.2) is 65.4 Å². The predicted molar refractivity (Wildman–Crippen MR) is 103 cm³/mol. The molecule has 0 spiro atoms. The van der Waals surface area contributed by atoms with E-state index in [9.17, 15) is 14.4 Å². The number of imide groups is 1. The van der Waals surface area contributed by atoms with E-state index in [1.807, 2.05) is 11.8 Å². The highest BCUT2D eigenvalue weighted by molar-refractivity contribution is 6.22. The van der Waals surface area contributed by atoms with E-state index in [0.717, 1.165) is 32.1 Å². The summed E-state index contributed by atoms with van der Waals surface area (Å²) in [7, 11) is 0. The maximum absolute atomic E-state index is 13.1. The van der Waals surface area contributed by atoms with Gasteiger partial charge in [0.05, 0.1) is 23.8 Å². The van der Waals surface area contributed by atoms with Gasteiger partial charge in [-0.1, -0.05) is 0 Å². The number of hydrogen-bond donors (Lipinski definition) is 1. The zero-order chi connectivity index (χ0) is 19.8. The number of hydrogen-bond acceptors (Lipinski definition) is 5. The number of nitrogens with two attached hydrogens (primary N) is 1. The van der Waals surface area contributed by atoms with Gasteiger partial charge in [0.1, 0.15) is 0 Å². The first-order valence-corrected chi connectivity index (χ1v) is 10.2. The van der Waals surface area contributed by atoms with Gasteiger partial charge in [-0.05, 0) is 57.2 Å². The average molecular weight is 385 g/mol. The van der Waals surface area contributed by atoms with Gasteiger partial charge in [0.25, 0.3) is 17.7 Å². The Morgan fingerprint density at radius 1 is 1.18 bits per heavy atom. The number of carbonyl (C=O) groups is 3. The Labute approximate surface area is 164 Å². The van der Waals surface area contributed by atoms with Gasteiger partial charge in [-0.2, -0.15) is 0 Å². The lowest BCUT2D eigenvalue weighted by Gasteiger charge is -2.38. The molecule has 7 nitrogen and oxygen atoms in total. The van der Waals surface area contributed by atoms with Gasteiger partial charge in [-0.15, -0.1) is 0 Å².